The van der Waals surface area contributed by atoms with E-state index in [9.17, 15) is 14.4 Å². The maximum absolute atomic E-state index is 13.0. The van der Waals surface area contributed by atoms with E-state index in [4.69, 9.17) is 19.9 Å². The van der Waals surface area contributed by atoms with Gasteiger partial charge in [-0.1, -0.05) is 0 Å². The van der Waals surface area contributed by atoms with Crippen LogP contribution in [0.2, 0.25) is 0 Å². The van der Waals surface area contributed by atoms with Gasteiger partial charge in [-0.25, -0.2) is 4.90 Å². The van der Waals surface area contributed by atoms with Crippen LogP contribution in [0.5, 0.6) is 17.2 Å². The lowest BCUT2D eigenvalue weighted by molar-refractivity contribution is -0.124. The number of ether oxygens (including phenoxy) is 3. The summed E-state index contributed by atoms with van der Waals surface area (Å²) in [6.07, 6.45) is 1.28. The molecule has 0 aliphatic carbocycles. The highest BCUT2D eigenvalue weighted by Gasteiger charge is 2.44. The Kier molecular flexibility index (Phi) is 5.73. The van der Waals surface area contributed by atoms with Crippen molar-refractivity contribution in [2.75, 3.05) is 39.3 Å². The standard InChI is InChI=1S/C19H25N3O6/c1-26-14-8-12(9-15(27-2)17(14)28-3)22-16(23)10-13(19(22)25)21-6-4-11(5-7-21)18(20)24/h8-9,11,13H,4-7,10H2,1-3H3,(H2,20,24)/t13-/m1/s1. The van der Waals surface area contributed by atoms with Crippen molar-refractivity contribution in [1.82, 2.24) is 4.90 Å². The number of anilines is 1. The third-order valence-corrected chi connectivity index (χ3v) is 5.40. The number of likely N-dealkylation sites (tertiary alicyclic amines) is 1. The lowest BCUT2D eigenvalue weighted by atomic mass is 9.95. The fourth-order valence-corrected chi connectivity index (χ4v) is 3.86. The van der Waals surface area contributed by atoms with Crippen LogP contribution in [0.15, 0.2) is 12.1 Å². The second-order valence-electron chi connectivity index (χ2n) is 6.88. The Morgan fingerprint density at radius 3 is 2.07 bits per heavy atom. The van der Waals surface area contributed by atoms with Gasteiger partial charge in [0.2, 0.25) is 17.6 Å². The number of imide groups is 1. The Hall–Kier alpha value is -2.81. The second-order valence-corrected chi connectivity index (χ2v) is 6.88. The molecule has 0 spiro atoms. The highest BCUT2D eigenvalue weighted by Crippen LogP contribution is 2.42. The molecule has 3 rings (SSSR count). The summed E-state index contributed by atoms with van der Waals surface area (Å²) in [6.45, 7) is 1.11. The van der Waals surface area contributed by atoms with E-state index in [2.05, 4.69) is 0 Å². The Labute approximate surface area is 163 Å². The number of nitrogens with two attached hydrogens (primary N) is 1. The molecule has 2 saturated heterocycles. The lowest BCUT2D eigenvalue weighted by Gasteiger charge is -2.33. The van der Waals surface area contributed by atoms with Crippen LogP contribution in [0.25, 0.3) is 0 Å². The van der Waals surface area contributed by atoms with E-state index in [1.807, 2.05) is 4.90 Å². The van der Waals surface area contributed by atoms with Crippen molar-refractivity contribution >= 4 is 23.4 Å². The molecule has 2 aliphatic rings. The van der Waals surface area contributed by atoms with E-state index in [0.29, 0.717) is 48.9 Å². The van der Waals surface area contributed by atoms with Crippen LogP contribution in [0.3, 0.4) is 0 Å². The molecule has 1 aromatic rings. The van der Waals surface area contributed by atoms with Crippen molar-refractivity contribution in [3.8, 4) is 17.2 Å². The van der Waals surface area contributed by atoms with Gasteiger partial charge in [-0.3, -0.25) is 19.3 Å². The number of nitrogens with zero attached hydrogens (tertiary/aromatic N) is 2. The third-order valence-electron chi connectivity index (χ3n) is 5.40. The molecule has 28 heavy (non-hydrogen) atoms. The minimum atomic E-state index is -0.541. The van der Waals surface area contributed by atoms with E-state index < -0.39 is 6.04 Å². The number of rotatable bonds is 6. The molecule has 0 unspecified atom stereocenters. The molecule has 0 saturated carbocycles. The van der Waals surface area contributed by atoms with Crippen molar-refractivity contribution in [1.29, 1.82) is 0 Å². The molecule has 152 valence electrons. The number of hydrogen-bond acceptors (Lipinski definition) is 7. The zero-order chi connectivity index (χ0) is 20.4. The molecule has 1 aromatic carbocycles. The molecule has 0 bridgehead atoms. The van der Waals surface area contributed by atoms with Crippen LogP contribution >= 0.6 is 0 Å². The maximum atomic E-state index is 13.0. The highest BCUT2D eigenvalue weighted by atomic mass is 16.5. The summed E-state index contributed by atoms with van der Waals surface area (Å²) >= 11 is 0. The topological polar surface area (TPSA) is 111 Å². The van der Waals surface area contributed by atoms with Gasteiger partial charge in [0.1, 0.15) is 0 Å². The number of methoxy groups -OCH3 is 3. The largest absolute Gasteiger partial charge is 0.493 e. The molecule has 2 N–H and O–H groups in total. The minimum Gasteiger partial charge on any atom is -0.493 e. The number of hydrogen-bond donors (Lipinski definition) is 1. The summed E-state index contributed by atoms with van der Waals surface area (Å²) in [5.74, 6) is 0.0459. The van der Waals surface area contributed by atoms with Crippen LogP contribution in [0.4, 0.5) is 5.69 Å². The van der Waals surface area contributed by atoms with Crippen molar-refractivity contribution < 1.29 is 28.6 Å². The quantitative estimate of drug-likeness (QED) is 0.705. The first-order chi connectivity index (χ1) is 13.4. The van der Waals surface area contributed by atoms with Gasteiger partial charge in [0.05, 0.1) is 39.5 Å². The van der Waals surface area contributed by atoms with E-state index in [1.165, 1.54) is 21.3 Å². The molecule has 0 radical (unpaired) electrons. The molecule has 2 aliphatic heterocycles. The number of benzene rings is 1. The fourth-order valence-electron chi connectivity index (χ4n) is 3.86. The summed E-state index contributed by atoms with van der Waals surface area (Å²) in [7, 11) is 4.43. The smallest absolute Gasteiger partial charge is 0.251 e. The fraction of sp³-hybridized carbons (Fsp3) is 0.526. The Bertz CT molecular complexity index is 763. The van der Waals surface area contributed by atoms with Gasteiger partial charge in [-0.2, -0.15) is 0 Å². The molecular weight excluding hydrogens is 366 g/mol. The molecule has 1 atom stereocenters. The van der Waals surface area contributed by atoms with E-state index in [0.717, 1.165) is 4.90 Å². The lowest BCUT2D eigenvalue weighted by Crippen LogP contribution is -2.47. The molecule has 3 amide bonds. The molecule has 9 nitrogen and oxygen atoms in total. The van der Waals surface area contributed by atoms with Gasteiger partial charge in [-0.05, 0) is 25.9 Å². The predicted molar refractivity (Wildman–Crippen MR) is 100 cm³/mol. The first-order valence-corrected chi connectivity index (χ1v) is 9.11. The summed E-state index contributed by atoms with van der Waals surface area (Å²) in [5.41, 5.74) is 5.75. The molecule has 0 aromatic heterocycles. The second kappa shape index (κ2) is 8.05. The van der Waals surface area contributed by atoms with Gasteiger partial charge >= 0.3 is 0 Å². The number of carbonyl (C=O) groups is 3. The average molecular weight is 391 g/mol. The van der Waals surface area contributed by atoms with Crippen LogP contribution in [0.1, 0.15) is 19.3 Å². The summed E-state index contributed by atoms with van der Waals surface area (Å²) in [5, 5.41) is 0. The first-order valence-electron chi connectivity index (χ1n) is 9.11. The zero-order valence-corrected chi connectivity index (χ0v) is 16.3. The number of primary amides is 1. The SMILES string of the molecule is COc1cc(N2C(=O)C[C@@H](N3CCC(C(N)=O)CC3)C2=O)cc(OC)c1OC. The van der Waals surface area contributed by atoms with E-state index in [1.54, 1.807) is 12.1 Å². The highest BCUT2D eigenvalue weighted by molar-refractivity contribution is 6.22. The van der Waals surface area contributed by atoms with Crippen molar-refractivity contribution in [3.63, 3.8) is 0 Å². The number of amides is 3. The number of carbonyl (C=O) groups excluding carboxylic acids is 3. The van der Waals surface area contributed by atoms with Gasteiger partial charge in [-0.15, -0.1) is 0 Å². The maximum Gasteiger partial charge on any atom is 0.251 e. The summed E-state index contributed by atoms with van der Waals surface area (Å²) in [6, 6.07) is 2.62. The van der Waals surface area contributed by atoms with Crippen LogP contribution < -0.4 is 24.8 Å². The van der Waals surface area contributed by atoms with Gasteiger partial charge in [0.15, 0.2) is 11.5 Å². The molecule has 2 fully saturated rings. The van der Waals surface area contributed by atoms with Crippen LogP contribution in [-0.2, 0) is 14.4 Å². The minimum absolute atomic E-state index is 0.0940. The average Bonchev–Trinajstić information content (AvgIpc) is 3.00. The van der Waals surface area contributed by atoms with Gasteiger partial charge < -0.3 is 19.9 Å². The molecular formula is C19H25N3O6. The Balaban J connectivity index is 1.84. The Morgan fingerprint density at radius 2 is 1.61 bits per heavy atom. The van der Waals surface area contributed by atoms with Crippen molar-refractivity contribution in [2.45, 2.75) is 25.3 Å². The zero-order valence-electron chi connectivity index (χ0n) is 16.3. The van der Waals surface area contributed by atoms with Gasteiger partial charge in [0.25, 0.3) is 5.91 Å². The van der Waals surface area contributed by atoms with E-state index in [-0.39, 0.29) is 30.1 Å². The van der Waals surface area contributed by atoms with Crippen LogP contribution in [0, 0.1) is 5.92 Å². The normalized spacial score (nSPS) is 21.1. The summed E-state index contributed by atoms with van der Waals surface area (Å²) < 4.78 is 15.9. The van der Waals surface area contributed by atoms with E-state index >= 15 is 0 Å². The predicted octanol–water partition coefficient (Wildman–Crippen LogP) is 0.542. The molecule has 2 heterocycles. The molecule has 9 heteroatoms. The van der Waals surface area contributed by atoms with Crippen LogP contribution in [-0.4, -0.2) is 63.1 Å². The monoisotopic (exact) mass is 391 g/mol. The Morgan fingerprint density at radius 1 is 1.04 bits per heavy atom. The summed E-state index contributed by atoms with van der Waals surface area (Å²) in [4.78, 5) is 40.2. The van der Waals surface area contributed by atoms with Gasteiger partial charge in [0, 0.05) is 18.1 Å². The number of piperidine rings is 1. The van der Waals surface area contributed by atoms with Crippen molar-refractivity contribution in [3.05, 3.63) is 12.1 Å². The van der Waals surface area contributed by atoms with Crippen molar-refractivity contribution in [2.24, 2.45) is 11.7 Å². The third kappa shape index (κ3) is 3.49. The first kappa shape index (κ1) is 19.9.